The fourth-order valence-electron chi connectivity index (χ4n) is 9.09. The quantitative estimate of drug-likeness (QED) is 0.0507. The van der Waals surface area contributed by atoms with Gasteiger partial charge in [-0.3, -0.25) is 4.79 Å². The number of H-pyrrole nitrogens is 1. The molecule has 1 aromatic heterocycles. The van der Waals surface area contributed by atoms with Crippen molar-refractivity contribution in [2.45, 2.75) is 127 Å². The van der Waals surface area contributed by atoms with Gasteiger partial charge in [0.1, 0.15) is 11.5 Å². The first kappa shape index (κ1) is 40.5. The molecule has 10 nitrogen and oxygen atoms in total. The van der Waals surface area contributed by atoms with E-state index in [1.54, 1.807) is 12.1 Å². The molecule has 0 amide bonds. The number of aliphatic hydroxyl groups excluding tert-OH is 2. The van der Waals surface area contributed by atoms with E-state index in [0.29, 0.717) is 49.5 Å². The van der Waals surface area contributed by atoms with E-state index in [2.05, 4.69) is 35.5 Å². The molecule has 1 aromatic carbocycles. The van der Waals surface area contributed by atoms with Gasteiger partial charge >= 0.3 is 5.97 Å². The van der Waals surface area contributed by atoms with Gasteiger partial charge in [0.15, 0.2) is 0 Å². The van der Waals surface area contributed by atoms with Gasteiger partial charge in [-0.1, -0.05) is 63.7 Å². The summed E-state index contributed by atoms with van der Waals surface area (Å²) in [6, 6.07) is 8.27. The van der Waals surface area contributed by atoms with E-state index in [1.165, 1.54) is 25.3 Å². The van der Waals surface area contributed by atoms with Crippen molar-refractivity contribution in [3.05, 3.63) is 71.7 Å². The van der Waals surface area contributed by atoms with Crippen LogP contribution in [-0.2, 0) is 11.2 Å². The average Bonchev–Trinajstić information content (AvgIpc) is 3.69. The Morgan fingerprint density at radius 1 is 0.981 bits per heavy atom. The van der Waals surface area contributed by atoms with E-state index in [1.807, 2.05) is 18.2 Å². The zero-order valence-electron chi connectivity index (χ0n) is 31.4. The first-order valence-electron chi connectivity index (χ1n) is 20.0. The number of phenols is 2. The predicted octanol–water partition coefficient (Wildman–Crippen LogP) is 7.04. The first-order valence-corrected chi connectivity index (χ1v) is 20.0. The van der Waals surface area contributed by atoms with Crippen LogP contribution in [0.3, 0.4) is 0 Å². The molecular formula is C43H63N3O7. The molecule has 53 heavy (non-hydrogen) atoms. The molecule has 8 atom stereocenters. The van der Waals surface area contributed by atoms with E-state index in [9.17, 15) is 35.4 Å². The number of nitrogens with two attached hydrogens (primary N) is 1. The largest absolute Gasteiger partial charge is 0.508 e. The van der Waals surface area contributed by atoms with Crippen molar-refractivity contribution in [1.82, 2.24) is 10.3 Å². The molecule has 8 unspecified atom stereocenters. The van der Waals surface area contributed by atoms with E-state index < -0.39 is 23.6 Å². The molecule has 1 saturated carbocycles. The Bertz CT molecular complexity index is 1560. The van der Waals surface area contributed by atoms with Crippen LogP contribution in [0.4, 0.5) is 0 Å². The highest BCUT2D eigenvalue weighted by Gasteiger charge is 2.46. The predicted molar refractivity (Wildman–Crippen MR) is 208 cm³/mol. The Morgan fingerprint density at radius 3 is 2.47 bits per heavy atom. The second-order valence-corrected chi connectivity index (χ2v) is 16.2. The number of nitrogens with one attached hydrogen (secondary N) is 2. The summed E-state index contributed by atoms with van der Waals surface area (Å²) in [4.78, 5) is 15.7. The minimum absolute atomic E-state index is 0.0351. The summed E-state index contributed by atoms with van der Waals surface area (Å²) in [5.74, 6) is -0.689. The fourth-order valence-corrected chi connectivity index (χ4v) is 9.09. The fraction of sp³-hybridized carbons (Fsp3) is 0.605. The zero-order chi connectivity index (χ0) is 38.0. The van der Waals surface area contributed by atoms with Gasteiger partial charge < -0.3 is 46.7 Å². The van der Waals surface area contributed by atoms with Crippen molar-refractivity contribution < 1.29 is 35.4 Å². The topological polar surface area (TPSA) is 192 Å². The second-order valence-electron chi connectivity index (χ2n) is 16.2. The Balaban J connectivity index is 1.16. The standard InChI is InChI=1S/C43H63N3O7/c1-2-3-5-8-28-11-12-31(40(50)21-28)9-6-4-7-10-37(42(51)52)39(49)15-17-43(53)27-30(19-29-16-18-45-41(44)22-29)20-33(43)25-34-13-14-38(46-34)32-23-35(47)26-36(48)24-32/h11-14,16,22-24,26,28,30-31,33,37,39-40,45-50,53H,2-10,15,17-21,25,27,44H2,1H3,(H,51,52). The highest BCUT2D eigenvalue weighted by Crippen LogP contribution is 2.47. The Kier molecular flexibility index (Phi) is 14.5. The number of aromatic hydroxyl groups is 2. The van der Waals surface area contributed by atoms with Gasteiger partial charge in [-0.05, 0) is 118 Å². The molecule has 2 aromatic rings. The lowest BCUT2D eigenvalue weighted by Crippen LogP contribution is -2.37. The van der Waals surface area contributed by atoms with Gasteiger partial charge in [0, 0.05) is 35.5 Å². The van der Waals surface area contributed by atoms with Crippen molar-refractivity contribution in [3.8, 4) is 22.8 Å². The number of unbranched alkanes of at least 4 members (excludes halogenated alkanes) is 4. The number of rotatable bonds is 20. The van der Waals surface area contributed by atoms with E-state index in [-0.39, 0.29) is 48.2 Å². The van der Waals surface area contributed by atoms with E-state index >= 15 is 0 Å². The number of benzene rings is 1. The van der Waals surface area contributed by atoms with Gasteiger partial charge in [-0.25, -0.2) is 0 Å². The number of hydrogen-bond acceptors (Lipinski definition) is 8. The van der Waals surface area contributed by atoms with Gasteiger partial charge in [-0.15, -0.1) is 0 Å². The minimum Gasteiger partial charge on any atom is -0.508 e. The van der Waals surface area contributed by atoms with Crippen molar-refractivity contribution in [3.63, 3.8) is 0 Å². The molecule has 0 spiro atoms. The van der Waals surface area contributed by atoms with Crippen LogP contribution in [0.15, 0.2) is 66.0 Å². The molecular weight excluding hydrogens is 670 g/mol. The normalized spacial score (nSPS) is 26.8. The number of aliphatic carboxylic acids is 1. The zero-order valence-corrected chi connectivity index (χ0v) is 31.4. The van der Waals surface area contributed by atoms with Gasteiger partial charge in [0.25, 0.3) is 0 Å². The molecule has 2 heterocycles. The van der Waals surface area contributed by atoms with Crippen LogP contribution in [0.5, 0.6) is 11.5 Å². The summed E-state index contributed by atoms with van der Waals surface area (Å²) in [6.07, 6.45) is 19.5. The van der Waals surface area contributed by atoms with Crippen molar-refractivity contribution >= 4 is 5.97 Å². The van der Waals surface area contributed by atoms with Crippen LogP contribution in [0, 0.1) is 29.6 Å². The smallest absolute Gasteiger partial charge is 0.309 e. The number of aromatic nitrogens is 1. The van der Waals surface area contributed by atoms with Crippen LogP contribution >= 0.6 is 0 Å². The van der Waals surface area contributed by atoms with Crippen molar-refractivity contribution in [2.75, 3.05) is 6.54 Å². The number of phenolic OH excluding ortho intramolecular Hbond substituents is 2. The number of carboxylic acids is 1. The van der Waals surface area contributed by atoms with Crippen molar-refractivity contribution in [1.29, 1.82) is 0 Å². The van der Waals surface area contributed by atoms with Crippen LogP contribution in [-0.4, -0.2) is 65.9 Å². The third-order valence-electron chi connectivity index (χ3n) is 12.0. The van der Waals surface area contributed by atoms with E-state index in [0.717, 1.165) is 61.9 Å². The summed E-state index contributed by atoms with van der Waals surface area (Å²) in [5, 5.41) is 67.4. The molecule has 5 rings (SSSR count). The van der Waals surface area contributed by atoms with Crippen molar-refractivity contribution in [2.24, 2.45) is 35.3 Å². The number of aliphatic hydroxyl groups is 3. The third-order valence-corrected chi connectivity index (χ3v) is 12.0. The maximum Gasteiger partial charge on any atom is 0.309 e. The average molecular weight is 734 g/mol. The lowest BCUT2D eigenvalue weighted by Gasteiger charge is -2.32. The number of dihydropyridines is 1. The molecule has 2 aliphatic carbocycles. The van der Waals surface area contributed by atoms with E-state index in [4.69, 9.17) is 5.73 Å². The first-order chi connectivity index (χ1) is 25.4. The summed E-state index contributed by atoms with van der Waals surface area (Å²) < 4.78 is 0. The Labute approximate surface area is 314 Å². The van der Waals surface area contributed by atoms with Gasteiger partial charge in [0.2, 0.25) is 0 Å². The molecule has 0 radical (unpaired) electrons. The molecule has 3 aliphatic rings. The molecule has 292 valence electrons. The molecule has 1 fully saturated rings. The number of allylic oxidation sites excluding steroid dienone is 3. The van der Waals surface area contributed by atoms with Crippen LogP contribution in [0.25, 0.3) is 11.3 Å². The molecule has 1 aliphatic heterocycles. The lowest BCUT2D eigenvalue weighted by molar-refractivity contribution is -0.146. The lowest BCUT2D eigenvalue weighted by atomic mass is 9.80. The summed E-state index contributed by atoms with van der Waals surface area (Å²) in [5.41, 5.74) is 8.35. The number of carboxylic acid groups (broad SMARTS) is 1. The number of carbonyl (C=O) groups is 1. The van der Waals surface area contributed by atoms with Crippen LogP contribution < -0.4 is 11.1 Å². The maximum absolute atomic E-state index is 12.3. The van der Waals surface area contributed by atoms with Crippen LogP contribution in [0.2, 0.25) is 0 Å². The summed E-state index contributed by atoms with van der Waals surface area (Å²) in [6.45, 7) is 2.87. The number of aromatic amines is 1. The van der Waals surface area contributed by atoms with Crippen LogP contribution in [0.1, 0.15) is 109 Å². The minimum atomic E-state index is -1.10. The SMILES string of the molecule is CCCCCC1C=CC(CCCCCC(C(=O)O)C(O)CCC2(O)CC(CC3=CCNC(N)=C3)CC2Cc2ccc(-c3cc(O)cc(O)c3)[nH]2)C(O)C1. The third kappa shape index (κ3) is 11.6. The molecule has 0 bridgehead atoms. The molecule has 0 saturated heterocycles. The highest BCUT2D eigenvalue weighted by molar-refractivity contribution is 5.70. The monoisotopic (exact) mass is 733 g/mol. The van der Waals surface area contributed by atoms with Gasteiger partial charge in [0.05, 0.1) is 29.5 Å². The maximum atomic E-state index is 12.3. The Morgan fingerprint density at radius 2 is 1.75 bits per heavy atom. The highest BCUT2D eigenvalue weighted by atomic mass is 16.4. The molecule has 10 heteroatoms. The van der Waals surface area contributed by atoms with Gasteiger partial charge in [-0.2, -0.15) is 0 Å². The summed E-state index contributed by atoms with van der Waals surface area (Å²) >= 11 is 0. The Hall–Kier alpha value is -3.73. The second kappa shape index (κ2) is 19.0. The molecule has 10 N–H and O–H groups in total. The number of hydrogen-bond donors (Lipinski definition) is 9. The summed E-state index contributed by atoms with van der Waals surface area (Å²) in [7, 11) is 0.